The number of methoxy groups -OCH3 is 1. The molecule has 5 nitrogen and oxygen atoms in total. The summed E-state index contributed by atoms with van der Waals surface area (Å²) in [4.78, 5) is 4.53. The Labute approximate surface area is 171 Å². The normalized spacial score (nSPS) is 11.4. The van der Waals surface area contributed by atoms with Crippen LogP contribution in [-0.4, -0.2) is 17.6 Å². The Morgan fingerprint density at radius 1 is 1.15 bits per heavy atom. The van der Waals surface area contributed by atoms with Crippen LogP contribution in [0.5, 0.6) is 0 Å². The van der Waals surface area contributed by atoms with E-state index in [2.05, 4.69) is 53.1 Å². The molecule has 3 aromatic rings. The van der Waals surface area contributed by atoms with Gasteiger partial charge in [0.25, 0.3) is 0 Å². The van der Waals surface area contributed by atoms with Gasteiger partial charge in [-0.15, -0.1) is 24.0 Å². The van der Waals surface area contributed by atoms with Gasteiger partial charge >= 0.3 is 0 Å². The lowest BCUT2D eigenvalue weighted by atomic mass is 10.1. The predicted octanol–water partition coefficient (Wildman–Crippen LogP) is 4.18. The summed E-state index contributed by atoms with van der Waals surface area (Å²) in [7, 11) is 3.74. The maximum atomic E-state index is 6.10. The Bertz CT molecular complexity index is 878. The summed E-state index contributed by atoms with van der Waals surface area (Å²) in [6.45, 7) is 3.19. The van der Waals surface area contributed by atoms with Gasteiger partial charge in [-0.1, -0.05) is 36.4 Å². The van der Waals surface area contributed by atoms with Crippen LogP contribution in [-0.2, 0) is 24.9 Å². The van der Waals surface area contributed by atoms with Crippen molar-refractivity contribution in [2.75, 3.05) is 12.4 Å². The van der Waals surface area contributed by atoms with E-state index in [-0.39, 0.29) is 24.0 Å². The molecular weight excluding hydrogens is 439 g/mol. The van der Waals surface area contributed by atoms with E-state index in [1.807, 2.05) is 24.3 Å². The number of nitrogens with two attached hydrogens (primary N) is 1. The lowest BCUT2D eigenvalue weighted by molar-refractivity contribution is 0.185. The van der Waals surface area contributed by atoms with Crippen LogP contribution >= 0.6 is 24.0 Å². The highest BCUT2D eigenvalue weighted by Crippen LogP contribution is 2.25. The van der Waals surface area contributed by atoms with Crippen LogP contribution in [0.3, 0.4) is 0 Å². The van der Waals surface area contributed by atoms with Gasteiger partial charge in [0.05, 0.1) is 13.2 Å². The van der Waals surface area contributed by atoms with Gasteiger partial charge in [0.15, 0.2) is 5.96 Å². The Kier molecular flexibility index (Phi) is 7.05. The number of aromatic nitrogens is 1. The van der Waals surface area contributed by atoms with Crippen LogP contribution in [0.4, 0.5) is 5.69 Å². The van der Waals surface area contributed by atoms with Gasteiger partial charge in [-0.25, -0.2) is 4.99 Å². The lowest BCUT2D eigenvalue weighted by Crippen LogP contribution is -2.23. The first-order valence-corrected chi connectivity index (χ1v) is 8.28. The summed E-state index contributed by atoms with van der Waals surface area (Å²) in [6, 6.07) is 16.3. The van der Waals surface area contributed by atoms with E-state index in [0.717, 1.165) is 16.9 Å². The van der Waals surface area contributed by atoms with Gasteiger partial charge in [-0.2, -0.15) is 0 Å². The highest BCUT2D eigenvalue weighted by molar-refractivity contribution is 14.0. The SMILES string of the molecule is COCc1ccccc1NC(N)=NCc1c(C)c2ccccc2n1C.I. The first kappa shape index (κ1) is 20.3. The summed E-state index contributed by atoms with van der Waals surface area (Å²) in [5.74, 6) is 0.396. The number of halogens is 1. The molecule has 0 saturated carbocycles. The minimum atomic E-state index is 0. The minimum absolute atomic E-state index is 0. The van der Waals surface area contributed by atoms with Crippen molar-refractivity contribution in [2.45, 2.75) is 20.1 Å². The van der Waals surface area contributed by atoms with Gasteiger partial charge in [0, 0.05) is 42.0 Å². The van der Waals surface area contributed by atoms with Crippen LogP contribution in [0.1, 0.15) is 16.8 Å². The number of para-hydroxylation sites is 2. The number of nitrogens with one attached hydrogen (secondary N) is 1. The monoisotopic (exact) mass is 464 g/mol. The fourth-order valence-electron chi connectivity index (χ4n) is 3.12. The number of guanidine groups is 1. The molecule has 6 heteroatoms. The van der Waals surface area contributed by atoms with E-state index in [4.69, 9.17) is 10.5 Å². The molecule has 0 aliphatic rings. The van der Waals surface area contributed by atoms with Crippen LogP contribution in [0.15, 0.2) is 53.5 Å². The molecule has 1 heterocycles. The van der Waals surface area contributed by atoms with Crippen molar-refractivity contribution in [2.24, 2.45) is 17.8 Å². The third-order valence-corrected chi connectivity index (χ3v) is 4.49. The summed E-state index contributed by atoms with van der Waals surface area (Å²) < 4.78 is 7.40. The molecule has 0 bridgehead atoms. The Morgan fingerprint density at radius 3 is 2.58 bits per heavy atom. The van der Waals surface area contributed by atoms with Gasteiger partial charge in [0.2, 0.25) is 0 Å². The molecule has 0 atom stereocenters. The highest BCUT2D eigenvalue weighted by Gasteiger charge is 2.10. The van der Waals surface area contributed by atoms with Crippen molar-refractivity contribution in [1.29, 1.82) is 0 Å². The zero-order valence-electron chi connectivity index (χ0n) is 15.3. The molecule has 138 valence electrons. The summed E-state index contributed by atoms with van der Waals surface area (Å²) in [6.07, 6.45) is 0. The molecule has 2 aromatic carbocycles. The molecule has 0 unspecified atom stereocenters. The van der Waals surface area contributed by atoms with E-state index < -0.39 is 0 Å². The molecule has 1 aromatic heterocycles. The van der Waals surface area contributed by atoms with Gasteiger partial charge in [-0.05, 0) is 24.6 Å². The predicted molar refractivity (Wildman–Crippen MR) is 119 cm³/mol. The lowest BCUT2D eigenvalue weighted by Gasteiger charge is -2.11. The molecule has 0 aliphatic heterocycles. The van der Waals surface area contributed by atoms with Crippen LogP contribution in [0.2, 0.25) is 0 Å². The van der Waals surface area contributed by atoms with Crippen molar-refractivity contribution in [3.8, 4) is 0 Å². The average molecular weight is 464 g/mol. The number of ether oxygens (including phenoxy) is 1. The number of rotatable bonds is 5. The minimum Gasteiger partial charge on any atom is -0.380 e. The van der Waals surface area contributed by atoms with E-state index in [1.54, 1.807) is 7.11 Å². The van der Waals surface area contributed by atoms with Crippen molar-refractivity contribution in [3.63, 3.8) is 0 Å². The van der Waals surface area contributed by atoms with E-state index in [1.165, 1.54) is 16.5 Å². The van der Waals surface area contributed by atoms with Crippen molar-refractivity contribution in [1.82, 2.24) is 4.57 Å². The second-order valence-corrected chi connectivity index (χ2v) is 6.06. The Hall–Kier alpha value is -2.06. The number of hydrogen-bond donors (Lipinski definition) is 2. The van der Waals surface area contributed by atoms with Crippen molar-refractivity contribution < 1.29 is 4.74 Å². The second-order valence-electron chi connectivity index (χ2n) is 6.06. The maximum Gasteiger partial charge on any atom is 0.193 e. The van der Waals surface area contributed by atoms with Crippen LogP contribution in [0.25, 0.3) is 10.9 Å². The van der Waals surface area contributed by atoms with Gasteiger partial charge in [0.1, 0.15) is 0 Å². The first-order chi connectivity index (χ1) is 12.1. The van der Waals surface area contributed by atoms with E-state index in [9.17, 15) is 0 Å². The third kappa shape index (κ3) is 4.19. The summed E-state index contributed by atoms with van der Waals surface area (Å²) >= 11 is 0. The van der Waals surface area contributed by atoms with Crippen molar-refractivity contribution in [3.05, 3.63) is 65.4 Å². The number of fused-ring (bicyclic) bond motifs is 1. The molecule has 3 N–H and O–H groups in total. The molecule has 0 saturated heterocycles. The zero-order valence-corrected chi connectivity index (χ0v) is 17.7. The largest absolute Gasteiger partial charge is 0.380 e. The highest BCUT2D eigenvalue weighted by atomic mass is 127. The fraction of sp³-hybridized carbons (Fsp3) is 0.250. The molecular formula is C20H25IN4O. The number of nitrogens with zero attached hydrogens (tertiary/aromatic N) is 2. The second kappa shape index (κ2) is 9.05. The third-order valence-electron chi connectivity index (χ3n) is 4.49. The molecule has 0 fully saturated rings. The molecule has 0 aliphatic carbocycles. The summed E-state index contributed by atoms with van der Waals surface area (Å²) in [5, 5.41) is 4.43. The Balaban J connectivity index is 0.00000243. The van der Waals surface area contributed by atoms with E-state index >= 15 is 0 Å². The van der Waals surface area contributed by atoms with Gasteiger partial charge in [-0.3, -0.25) is 0 Å². The molecule has 0 amide bonds. The quantitative estimate of drug-likeness (QED) is 0.338. The van der Waals surface area contributed by atoms with Gasteiger partial charge < -0.3 is 20.4 Å². The van der Waals surface area contributed by atoms with Crippen molar-refractivity contribution >= 4 is 46.5 Å². The van der Waals surface area contributed by atoms with Crippen LogP contribution in [0, 0.1) is 6.92 Å². The molecule has 0 spiro atoms. The number of aryl methyl sites for hydroxylation is 2. The topological polar surface area (TPSA) is 64.6 Å². The Morgan fingerprint density at radius 2 is 1.85 bits per heavy atom. The number of aliphatic imine (C=N–C) groups is 1. The smallest absolute Gasteiger partial charge is 0.193 e. The molecule has 0 radical (unpaired) electrons. The zero-order chi connectivity index (χ0) is 17.8. The maximum absolute atomic E-state index is 6.10. The number of benzene rings is 2. The summed E-state index contributed by atoms with van der Waals surface area (Å²) in [5.41, 5.74) is 11.7. The standard InChI is InChI=1S/C20H24N4O.HI/c1-14-16-9-5-7-11-18(16)24(2)19(14)12-22-20(21)23-17-10-6-4-8-15(17)13-25-3;/h4-11H,12-13H2,1-3H3,(H3,21,22,23);1H. The molecule has 26 heavy (non-hydrogen) atoms. The van der Waals surface area contributed by atoms with Crippen LogP contribution < -0.4 is 11.1 Å². The average Bonchev–Trinajstić information content (AvgIpc) is 2.86. The number of hydrogen-bond acceptors (Lipinski definition) is 2. The fourth-order valence-corrected chi connectivity index (χ4v) is 3.12. The number of anilines is 1. The van der Waals surface area contributed by atoms with E-state index in [0.29, 0.717) is 19.1 Å². The molecule has 3 rings (SSSR count). The first-order valence-electron chi connectivity index (χ1n) is 8.28.